The first kappa shape index (κ1) is 19.1. The topological polar surface area (TPSA) is 52.1 Å². The predicted molar refractivity (Wildman–Crippen MR) is 101 cm³/mol. The van der Waals surface area contributed by atoms with Crippen LogP contribution in [0.4, 0.5) is 0 Å². The Bertz CT molecular complexity index is 710. The molecule has 0 aromatic carbocycles. The summed E-state index contributed by atoms with van der Waals surface area (Å²) in [5.41, 5.74) is 5.22. The van der Waals surface area contributed by atoms with Crippen molar-refractivity contribution < 1.29 is 9.53 Å². The first-order valence-electron chi connectivity index (χ1n) is 8.89. The summed E-state index contributed by atoms with van der Waals surface area (Å²) >= 11 is 0. The van der Waals surface area contributed by atoms with E-state index < -0.39 is 5.97 Å². The van der Waals surface area contributed by atoms with E-state index in [0.717, 1.165) is 11.3 Å². The molecule has 0 saturated carbocycles. The number of aromatic nitrogens is 2. The molecule has 1 aliphatic carbocycles. The van der Waals surface area contributed by atoms with Crippen LogP contribution >= 0.6 is 0 Å². The van der Waals surface area contributed by atoms with Gasteiger partial charge in [-0.3, -0.25) is 4.98 Å². The van der Waals surface area contributed by atoms with Gasteiger partial charge in [0.25, 0.3) is 0 Å². The molecule has 0 fully saturated rings. The molecular formula is C21H28N2O2. The van der Waals surface area contributed by atoms with Gasteiger partial charge in [-0.15, -0.1) is 0 Å². The van der Waals surface area contributed by atoms with Crippen molar-refractivity contribution in [3.05, 3.63) is 52.7 Å². The Morgan fingerprint density at radius 1 is 1.32 bits per heavy atom. The standard InChI is InChI=1S/C21H28N2O2/c1-6-25-20(24)19-14-22-17(13-23-19)12-15(2)9-10-18-16(3)8-7-11-21(18,4)5/h9-10,12-14H,6-8,11H2,1-5H3/b10-9?,15-12+. The fraction of sp³-hybridized carbons (Fsp3) is 0.476. The van der Waals surface area contributed by atoms with Crippen LogP contribution in [0.2, 0.25) is 0 Å². The Balaban J connectivity index is 2.12. The second-order valence-electron chi connectivity index (χ2n) is 7.20. The van der Waals surface area contributed by atoms with E-state index in [-0.39, 0.29) is 11.1 Å². The van der Waals surface area contributed by atoms with Crippen LogP contribution in [0, 0.1) is 5.41 Å². The fourth-order valence-electron chi connectivity index (χ4n) is 3.23. The molecule has 4 heteroatoms. The maximum Gasteiger partial charge on any atom is 0.358 e. The molecule has 1 aliphatic rings. The van der Waals surface area contributed by atoms with Crippen molar-refractivity contribution in [2.75, 3.05) is 6.61 Å². The van der Waals surface area contributed by atoms with Gasteiger partial charge in [-0.2, -0.15) is 0 Å². The molecular weight excluding hydrogens is 312 g/mol. The Labute approximate surface area is 150 Å². The van der Waals surface area contributed by atoms with Crippen molar-refractivity contribution >= 4 is 12.0 Å². The quantitative estimate of drug-likeness (QED) is 0.550. The third-order valence-electron chi connectivity index (χ3n) is 4.59. The maximum atomic E-state index is 11.6. The summed E-state index contributed by atoms with van der Waals surface area (Å²) in [5.74, 6) is -0.441. The van der Waals surface area contributed by atoms with Crippen molar-refractivity contribution in [1.29, 1.82) is 0 Å². The normalized spacial score (nSPS) is 17.9. The number of carbonyl (C=O) groups excluding carboxylic acids is 1. The second kappa shape index (κ2) is 8.24. The van der Waals surface area contributed by atoms with Crippen molar-refractivity contribution in [3.8, 4) is 0 Å². The van der Waals surface area contributed by atoms with E-state index in [1.807, 2.05) is 13.0 Å². The first-order chi connectivity index (χ1) is 11.8. The van der Waals surface area contributed by atoms with Gasteiger partial charge in [0.1, 0.15) is 0 Å². The van der Waals surface area contributed by atoms with Gasteiger partial charge in [0, 0.05) is 0 Å². The Kier molecular flexibility index (Phi) is 6.29. The molecule has 4 nitrogen and oxygen atoms in total. The lowest BCUT2D eigenvalue weighted by Gasteiger charge is -2.32. The van der Waals surface area contributed by atoms with Gasteiger partial charge >= 0.3 is 5.97 Å². The number of carbonyl (C=O) groups is 1. The lowest BCUT2D eigenvalue weighted by atomic mass is 9.72. The van der Waals surface area contributed by atoms with E-state index in [4.69, 9.17) is 4.74 Å². The van der Waals surface area contributed by atoms with Crippen LogP contribution < -0.4 is 0 Å². The average molecular weight is 340 g/mol. The number of ether oxygens (including phenoxy) is 1. The number of hydrogen-bond donors (Lipinski definition) is 0. The lowest BCUT2D eigenvalue weighted by Crippen LogP contribution is -2.19. The largest absolute Gasteiger partial charge is 0.461 e. The second-order valence-corrected chi connectivity index (χ2v) is 7.20. The van der Waals surface area contributed by atoms with E-state index >= 15 is 0 Å². The average Bonchev–Trinajstić information content (AvgIpc) is 2.54. The van der Waals surface area contributed by atoms with Crippen LogP contribution in [-0.4, -0.2) is 22.5 Å². The summed E-state index contributed by atoms with van der Waals surface area (Å²) in [7, 11) is 0. The van der Waals surface area contributed by atoms with E-state index in [9.17, 15) is 4.79 Å². The molecule has 0 saturated heterocycles. The molecule has 134 valence electrons. The van der Waals surface area contributed by atoms with E-state index in [2.05, 4.69) is 42.9 Å². The lowest BCUT2D eigenvalue weighted by molar-refractivity contribution is 0.0519. The van der Waals surface area contributed by atoms with E-state index in [1.165, 1.54) is 36.6 Å². The summed E-state index contributed by atoms with van der Waals surface area (Å²) in [6, 6.07) is 0. The van der Waals surface area contributed by atoms with Crippen LogP contribution in [-0.2, 0) is 4.74 Å². The molecule has 0 amide bonds. The van der Waals surface area contributed by atoms with Gasteiger partial charge in [0.2, 0.25) is 0 Å². The molecule has 25 heavy (non-hydrogen) atoms. The molecule has 0 bridgehead atoms. The van der Waals surface area contributed by atoms with Crippen molar-refractivity contribution in [3.63, 3.8) is 0 Å². The van der Waals surface area contributed by atoms with Gasteiger partial charge in [-0.1, -0.05) is 31.6 Å². The summed E-state index contributed by atoms with van der Waals surface area (Å²) in [6.07, 6.45) is 13.1. The predicted octanol–water partition coefficient (Wildman–Crippen LogP) is 5.14. The maximum absolute atomic E-state index is 11.6. The molecule has 0 spiro atoms. The Hall–Kier alpha value is -2.23. The highest BCUT2D eigenvalue weighted by molar-refractivity contribution is 5.86. The summed E-state index contributed by atoms with van der Waals surface area (Å²) in [6.45, 7) is 11.0. The summed E-state index contributed by atoms with van der Waals surface area (Å²) in [5, 5.41) is 0. The minimum atomic E-state index is -0.441. The number of nitrogens with zero attached hydrogens (tertiary/aromatic N) is 2. The highest BCUT2D eigenvalue weighted by Crippen LogP contribution is 2.40. The number of rotatable bonds is 5. The van der Waals surface area contributed by atoms with Gasteiger partial charge in [0.15, 0.2) is 5.69 Å². The summed E-state index contributed by atoms with van der Waals surface area (Å²) < 4.78 is 4.91. The smallest absolute Gasteiger partial charge is 0.358 e. The molecule has 0 N–H and O–H groups in total. The minimum Gasteiger partial charge on any atom is -0.461 e. The van der Waals surface area contributed by atoms with Crippen molar-refractivity contribution in [2.45, 2.75) is 53.9 Å². The number of esters is 1. The van der Waals surface area contributed by atoms with Gasteiger partial charge in [-0.05, 0) is 62.7 Å². The van der Waals surface area contributed by atoms with Crippen molar-refractivity contribution in [1.82, 2.24) is 9.97 Å². The first-order valence-corrected chi connectivity index (χ1v) is 8.89. The molecule has 2 rings (SSSR count). The molecule has 1 heterocycles. The minimum absolute atomic E-state index is 0.233. The zero-order valence-corrected chi connectivity index (χ0v) is 15.9. The third kappa shape index (κ3) is 5.12. The Morgan fingerprint density at radius 2 is 2.08 bits per heavy atom. The van der Waals surface area contributed by atoms with Crippen LogP contribution in [0.1, 0.15) is 70.1 Å². The SMILES string of the molecule is CCOC(=O)c1cnc(/C=C(\C)C=CC2=C(C)CCCC2(C)C)cn1. The molecule has 0 aliphatic heterocycles. The van der Waals surface area contributed by atoms with Crippen LogP contribution in [0.15, 0.2) is 41.3 Å². The van der Waals surface area contributed by atoms with Gasteiger partial charge < -0.3 is 4.74 Å². The molecule has 0 atom stereocenters. The van der Waals surface area contributed by atoms with Gasteiger partial charge in [-0.25, -0.2) is 9.78 Å². The highest BCUT2D eigenvalue weighted by Gasteiger charge is 2.26. The Morgan fingerprint density at radius 3 is 2.68 bits per heavy atom. The molecule has 1 aromatic rings. The summed E-state index contributed by atoms with van der Waals surface area (Å²) in [4.78, 5) is 20.0. The molecule has 0 unspecified atom stereocenters. The highest BCUT2D eigenvalue weighted by atomic mass is 16.5. The zero-order chi connectivity index (χ0) is 18.4. The van der Waals surface area contributed by atoms with Crippen molar-refractivity contribution in [2.24, 2.45) is 5.41 Å². The van der Waals surface area contributed by atoms with Crippen LogP contribution in [0.5, 0.6) is 0 Å². The fourth-order valence-corrected chi connectivity index (χ4v) is 3.23. The van der Waals surface area contributed by atoms with Crippen LogP contribution in [0.3, 0.4) is 0 Å². The number of allylic oxidation sites excluding steroid dienone is 5. The van der Waals surface area contributed by atoms with E-state index in [1.54, 1.807) is 13.1 Å². The van der Waals surface area contributed by atoms with Crippen LogP contribution in [0.25, 0.3) is 6.08 Å². The molecule has 1 aromatic heterocycles. The molecule has 0 radical (unpaired) electrons. The van der Waals surface area contributed by atoms with E-state index in [0.29, 0.717) is 6.61 Å². The van der Waals surface area contributed by atoms with Gasteiger partial charge in [0.05, 0.1) is 24.7 Å². The number of hydrogen-bond acceptors (Lipinski definition) is 4. The zero-order valence-electron chi connectivity index (χ0n) is 15.9. The monoisotopic (exact) mass is 340 g/mol. The third-order valence-corrected chi connectivity index (χ3v) is 4.59.